The predicted octanol–water partition coefficient (Wildman–Crippen LogP) is 4.74. The molecule has 0 aliphatic rings. The molecule has 0 heterocycles. The van der Waals surface area contributed by atoms with Crippen LogP contribution in [0.1, 0.15) is 18.1 Å². The van der Waals surface area contributed by atoms with Crippen LogP contribution < -0.4 is 20.2 Å². The monoisotopic (exact) mass is 541 g/mol. The Balaban J connectivity index is 1.76. The number of benzene rings is 3. The minimum absolute atomic E-state index is 0.0845. The van der Waals surface area contributed by atoms with Crippen molar-refractivity contribution in [2.45, 2.75) is 13.8 Å². The summed E-state index contributed by atoms with van der Waals surface area (Å²) < 4.78 is 10.9. The molecule has 2 amide bonds. The fourth-order valence-corrected chi connectivity index (χ4v) is 3.29. The molecule has 0 fully saturated rings. The molecule has 14 heteroatoms. The lowest BCUT2D eigenvalue weighted by Gasteiger charge is -2.12. The van der Waals surface area contributed by atoms with Crippen molar-refractivity contribution < 1.29 is 28.9 Å². The Hall–Kier alpha value is -5.04. The van der Waals surface area contributed by atoms with Crippen LogP contribution in [-0.2, 0) is 9.59 Å². The van der Waals surface area contributed by atoms with Crippen molar-refractivity contribution in [1.29, 1.82) is 0 Å². The lowest BCUT2D eigenvalue weighted by molar-refractivity contribution is -0.394. The van der Waals surface area contributed by atoms with E-state index in [1.165, 1.54) is 25.3 Å². The molecule has 0 radical (unpaired) electrons. The number of amides is 2. The van der Waals surface area contributed by atoms with Crippen LogP contribution in [0.3, 0.4) is 0 Å². The summed E-state index contributed by atoms with van der Waals surface area (Å²) in [5.74, 6) is -1.95. The summed E-state index contributed by atoms with van der Waals surface area (Å²) in [5, 5.41) is 29.1. The molecule has 0 aromatic heterocycles. The highest BCUT2D eigenvalue weighted by Gasteiger charge is 2.22. The molecule has 0 bridgehead atoms. The largest absolute Gasteiger partial charge is 0.493 e. The molecule has 196 valence electrons. The van der Waals surface area contributed by atoms with Gasteiger partial charge in [0.2, 0.25) is 5.75 Å². The van der Waals surface area contributed by atoms with E-state index in [0.717, 1.165) is 18.2 Å². The molecule has 38 heavy (non-hydrogen) atoms. The average molecular weight is 542 g/mol. The summed E-state index contributed by atoms with van der Waals surface area (Å²) >= 11 is 6.02. The van der Waals surface area contributed by atoms with E-state index in [1.807, 2.05) is 0 Å². The van der Waals surface area contributed by atoms with Gasteiger partial charge in [0, 0.05) is 22.3 Å². The van der Waals surface area contributed by atoms with E-state index in [9.17, 15) is 29.8 Å². The molecule has 0 unspecified atom stereocenters. The highest BCUT2D eigenvalue weighted by Crippen LogP contribution is 2.38. The smallest absolute Gasteiger partial charge is 0.329 e. The summed E-state index contributed by atoms with van der Waals surface area (Å²) in [6, 6.07) is 12.3. The first-order valence-corrected chi connectivity index (χ1v) is 11.1. The number of nitrogens with zero attached hydrogens (tertiary/aromatic N) is 3. The van der Waals surface area contributed by atoms with Gasteiger partial charge < -0.3 is 14.8 Å². The van der Waals surface area contributed by atoms with E-state index in [1.54, 1.807) is 32.0 Å². The molecule has 0 aliphatic carbocycles. The number of non-ortho nitro benzene ring substituents is 1. The SMILES string of the molecule is COc1cc(/C(C)=N/NC(=O)C(=O)Nc2cccc(Cl)c2C)ccc1Oc1ccc([N+](=O)[O-])cc1[N+](=O)[O-]. The standard InChI is InChI=1S/C24H20ClN5O8/c1-13-17(25)5-4-6-18(13)26-23(31)24(32)28-27-14(2)15-7-9-21(22(11-15)37-3)38-20-10-8-16(29(33)34)12-19(20)30(35)36/h4-12H,1-3H3,(H,26,31)(H,28,32)/b27-14+. The third-order valence-corrected chi connectivity index (χ3v) is 5.61. The number of hydrazone groups is 1. The number of hydrogen-bond donors (Lipinski definition) is 2. The molecule has 2 N–H and O–H groups in total. The Labute approximate surface area is 220 Å². The van der Waals surface area contributed by atoms with E-state index in [0.29, 0.717) is 27.5 Å². The van der Waals surface area contributed by atoms with Gasteiger partial charge in [0.25, 0.3) is 5.69 Å². The van der Waals surface area contributed by atoms with Crippen molar-refractivity contribution in [1.82, 2.24) is 5.43 Å². The zero-order chi connectivity index (χ0) is 28.0. The fraction of sp³-hybridized carbons (Fsp3) is 0.125. The second-order valence-corrected chi connectivity index (χ2v) is 8.05. The Morgan fingerprint density at radius 1 is 0.947 bits per heavy atom. The van der Waals surface area contributed by atoms with Gasteiger partial charge in [-0.05, 0) is 55.8 Å². The van der Waals surface area contributed by atoms with Crippen molar-refractivity contribution in [3.63, 3.8) is 0 Å². The minimum Gasteiger partial charge on any atom is -0.493 e. The molecular formula is C24H20ClN5O8. The van der Waals surface area contributed by atoms with Crippen LogP contribution in [0.25, 0.3) is 0 Å². The number of halogens is 1. The van der Waals surface area contributed by atoms with Crippen LogP contribution in [-0.4, -0.2) is 34.5 Å². The second-order valence-electron chi connectivity index (χ2n) is 7.64. The van der Waals surface area contributed by atoms with Crippen molar-refractivity contribution in [3.05, 3.63) is 91.0 Å². The van der Waals surface area contributed by atoms with Gasteiger partial charge in [-0.1, -0.05) is 17.7 Å². The highest BCUT2D eigenvalue weighted by molar-refractivity contribution is 6.40. The van der Waals surface area contributed by atoms with E-state index in [-0.39, 0.29) is 17.2 Å². The quantitative estimate of drug-likeness (QED) is 0.178. The number of carbonyl (C=O) groups excluding carboxylic acids is 2. The van der Waals surface area contributed by atoms with Crippen molar-refractivity contribution >= 4 is 46.2 Å². The summed E-state index contributed by atoms with van der Waals surface area (Å²) in [5.41, 5.74) is 2.86. The van der Waals surface area contributed by atoms with E-state index >= 15 is 0 Å². The maximum absolute atomic E-state index is 12.2. The Bertz CT molecular complexity index is 1470. The number of rotatable bonds is 8. The van der Waals surface area contributed by atoms with Crippen LogP contribution >= 0.6 is 11.6 Å². The van der Waals surface area contributed by atoms with Gasteiger partial charge in [0.15, 0.2) is 11.5 Å². The summed E-state index contributed by atoms with van der Waals surface area (Å²) in [4.78, 5) is 45.2. The maximum atomic E-state index is 12.2. The molecule has 0 aliphatic heterocycles. The van der Waals surface area contributed by atoms with Crippen LogP contribution in [0.15, 0.2) is 59.7 Å². The van der Waals surface area contributed by atoms with E-state index < -0.39 is 33.0 Å². The van der Waals surface area contributed by atoms with Crippen molar-refractivity contribution in [2.24, 2.45) is 5.10 Å². The first kappa shape index (κ1) is 27.5. The van der Waals surface area contributed by atoms with Crippen LogP contribution in [0.4, 0.5) is 17.1 Å². The van der Waals surface area contributed by atoms with Crippen molar-refractivity contribution in [2.75, 3.05) is 12.4 Å². The lowest BCUT2D eigenvalue weighted by Crippen LogP contribution is -2.33. The number of nitrogens with one attached hydrogen (secondary N) is 2. The summed E-state index contributed by atoms with van der Waals surface area (Å²) in [6.45, 7) is 3.26. The summed E-state index contributed by atoms with van der Waals surface area (Å²) in [7, 11) is 1.34. The number of nitro groups is 2. The van der Waals surface area contributed by atoms with Gasteiger partial charge in [0.1, 0.15) is 0 Å². The van der Waals surface area contributed by atoms with E-state index in [4.69, 9.17) is 21.1 Å². The van der Waals surface area contributed by atoms with Gasteiger partial charge in [-0.25, -0.2) is 5.43 Å². The van der Waals surface area contributed by atoms with Gasteiger partial charge in [-0.15, -0.1) is 0 Å². The number of ether oxygens (including phenoxy) is 2. The number of anilines is 1. The third-order valence-electron chi connectivity index (χ3n) is 5.20. The average Bonchev–Trinajstić information content (AvgIpc) is 2.89. The normalized spacial score (nSPS) is 10.9. The topological polar surface area (TPSA) is 175 Å². The van der Waals surface area contributed by atoms with Crippen LogP contribution in [0.5, 0.6) is 17.2 Å². The molecule has 0 saturated heterocycles. The van der Waals surface area contributed by atoms with Crippen LogP contribution in [0, 0.1) is 27.2 Å². The minimum atomic E-state index is -1.01. The molecule has 0 saturated carbocycles. The van der Waals surface area contributed by atoms with Crippen LogP contribution in [0.2, 0.25) is 5.02 Å². The van der Waals surface area contributed by atoms with Gasteiger partial charge in [0.05, 0.1) is 28.7 Å². The lowest BCUT2D eigenvalue weighted by atomic mass is 10.1. The number of nitro benzene ring substituents is 2. The molecule has 0 atom stereocenters. The number of hydrogen-bond acceptors (Lipinski definition) is 9. The van der Waals surface area contributed by atoms with Gasteiger partial charge in [-0.2, -0.15) is 5.10 Å². The Morgan fingerprint density at radius 2 is 1.66 bits per heavy atom. The Morgan fingerprint density at radius 3 is 2.32 bits per heavy atom. The molecular weight excluding hydrogens is 522 g/mol. The van der Waals surface area contributed by atoms with E-state index in [2.05, 4.69) is 15.8 Å². The van der Waals surface area contributed by atoms with Crippen molar-refractivity contribution in [3.8, 4) is 17.2 Å². The zero-order valence-electron chi connectivity index (χ0n) is 20.2. The Kier molecular flexibility index (Phi) is 8.55. The molecule has 0 spiro atoms. The number of carbonyl (C=O) groups is 2. The third kappa shape index (κ3) is 6.39. The van der Waals surface area contributed by atoms with Gasteiger partial charge in [-0.3, -0.25) is 29.8 Å². The first-order valence-electron chi connectivity index (χ1n) is 10.7. The summed E-state index contributed by atoms with van der Waals surface area (Å²) in [6.07, 6.45) is 0. The molecule has 13 nitrogen and oxygen atoms in total. The fourth-order valence-electron chi connectivity index (χ4n) is 3.12. The number of methoxy groups -OCH3 is 1. The molecule has 3 rings (SSSR count). The molecule has 3 aromatic carbocycles. The molecule has 3 aromatic rings. The highest BCUT2D eigenvalue weighted by atomic mass is 35.5. The second kappa shape index (κ2) is 11.8. The maximum Gasteiger partial charge on any atom is 0.329 e. The predicted molar refractivity (Wildman–Crippen MR) is 138 cm³/mol. The first-order chi connectivity index (χ1) is 18.0. The van der Waals surface area contributed by atoms with Gasteiger partial charge >= 0.3 is 17.5 Å². The zero-order valence-corrected chi connectivity index (χ0v) is 20.9.